The van der Waals surface area contributed by atoms with Crippen LogP contribution in [0.2, 0.25) is 0 Å². The van der Waals surface area contributed by atoms with Gasteiger partial charge in [-0.3, -0.25) is 0 Å². The van der Waals surface area contributed by atoms with E-state index in [9.17, 15) is 0 Å². The average molecular weight is 282 g/mol. The van der Waals surface area contributed by atoms with Gasteiger partial charge in [0.1, 0.15) is 17.5 Å². The Morgan fingerprint density at radius 3 is 2.30 bits per heavy atom. The van der Waals surface area contributed by atoms with E-state index in [4.69, 9.17) is 9.84 Å². The van der Waals surface area contributed by atoms with Gasteiger partial charge in [0.25, 0.3) is 0 Å². The molecule has 0 aliphatic rings. The standard InChI is InChI=1S/C14H26N4O2/c1-4-6-15-13-11(2)14(18-12(3)17-13)16-7-5-9-20-10-8-19/h19H,4-10H2,1-3H3,(H2,15,16,17,18). The first kappa shape index (κ1) is 16.7. The summed E-state index contributed by atoms with van der Waals surface area (Å²) >= 11 is 0. The molecule has 0 aromatic carbocycles. The zero-order chi connectivity index (χ0) is 14.8. The van der Waals surface area contributed by atoms with Crippen molar-refractivity contribution in [2.24, 2.45) is 0 Å². The number of nitrogens with zero attached hydrogens (tertiary/aromatic N) is 2. The molecule has 0 fully saturated rings. The molecule has 0 atom stereocenters. The van der Waals surface area contributed by atoms with Crippen molar-refractivity contribution < 1.29 is 9.84 Å². The van der Waals surface area contributed by atoms with E-state index in [0.29, 0.717) is 13.2 Å². The Bertz CT molecular complexity index is 399. The molecule has 6 nitrogen and oxygen atoms in total. The maximum Gasteiger partial charge on any atom is 0.134 e. The van der Waals surface area contributed by atoms with Crippen LogP contribution < -0.4 is 10.6 Å². The Labute approximate surface area is 121 Å². The van der Waals surface area contributed by atoms with Gasteiger partial charge in [0, 0.05) is 25.3 Å². The Morgan fingerprint density at radius 1 is 1.05 bits per heavy atom. The van der Waals surface area contributed by atoms with Crippen molar-refractivity contribution in [1.29, 1.82) is 0 Å². The molecular formula is C14H26N4O2. The summed E-state index contributed by atoms with van der Waals surface area (Å²) in [5, 5.41) is 15.2. The summed E-state index contributed by atoms with van der Waals surface area (Å²) in [5.74, 6) is 2.53. The van der Waals surface area contributed by atoms with Crippen LogP contribution in [0.25, 0.3) is 0 Å². The number of hydrogen-bond acceptors (Lipinski definition) is 6. The maximum absolute atomic E-state index is 8.60. The van der Waals surface area contributed by atoms with E-state index in [2.05, 4.69) is 27.5 Å². The predicted octanol–water partition coefficient (Wildman–Crippen LogP) is 1.73. The van der Waals surface area contributed by atoms with Gasteiger partial charge >= 0.3 is 0 Å². The third-order valence-electron chi connectivity index (χ3n) is 2.79. The zero-order valence-electron chi connectivity index (χ0n) is 12.7. The largest absolute Gasteiger partial charge is 0.394 e. The van der Waals surface area contributed by atoms with Gasteiger partial charge < -0.3 is 20.5 Å². The van der Waals surface area contributed by atoms with E-state index in [1.54, 1.807) is 0 Å². The molecule has 20 heavy (non-hydrogen) atoms. The zero-order valence-corrected chi connectivity index (χ0v) is 12.7. The number of nitrogens with one attached hydrogen (secondary N) is 2. The quantitative estimate of drug-likeness (QED) is 0.567. The maximum atomic E-state index is 8.60. The first-order valence-corrected chi connectivity index (χ1v) is 7.20. The normalized spacial score (nSPS) is 10.6. The van der Waals surface area contributed by atoms with Crippen molar-refractivity contribution >= 4 is 11.6 Å². The molecule has 1 aromatic heterocycles. The Kier molecular flexibility index (Phi) is 7.91. The topological polar surface area (TPSA) is 79.3 Å². The molecule has 6 heteroatoms. The molecule has 0 aliphatic carbocycles. The van der Waals surface area contributed by atoms with Gasteiger partial charge in [0.2, 0.25) is 0 Å². The van der Waals surface area contributed by atoms with Crippen molar-refractivity contribution in [3.8, 4) is 0 Å². The third kappa shape index (κ3) is 5.71. The van der Waals surface area contributed by atoms with Crippen LogP contribution in [-0.4, -0.2) is 48.0 Å². The van der Waals surface area contributed by atoms with Gasteiger partial charge in [-0.1, -0.05) is 6.92 Å². The van der Waals surface area contributed by atoms with Crippen LogP contribution in [0.1, 0.15) is 31.2 Å². The average Bonchev–Trinajstić information content (AvgIpc) is 2.44. The van der Waals surface area contributed by atoms with Crippen LogP contribution in [0.4, 0.5) is 11.6 Å². The molecule has 0 bridgehead atoms. The predicted molar refractivity (Wildman–Crippen MR) is 81.3 cm³/mol. The van der Waals surface area contributed by atoms with Crippen molar-refractivity contribution in [1.82, 2.24) is 9.97 Å². The van der Waals surface area contributed by atoms with E-state index < -0.39 is 0 Å². The molecule has 114 valence electrons. The fraction of sp³-hybridized carbons (Fsp3) is 0.714. The van der Waals surface area contributed by atoms with Crippen LogP contribution >= 0.6 is 0 Å². The van der Waals surface area contributed by atoms with Crippen LogP contribution in [0.3, 0.4) is 0 Å². The fourth-order valence-corrected chi connectivity index (χ4v) is 1.76. The number of aromatic nitrogens is 2. The van der Waals surface area contributed by atoms with Crippen LogP contribution in [0.5, 0.6) is 0 Å². The van der Waals surface area contributed by atoms with Crippen molar-refractivity contribution in [3.63, 3.8) is 0 Å². The van der Waals surface area contributed by atoms with Crippen molar-refractivity contribution in [2.75, 3.05) is 43.5 Å². The summed E-state index contributed by atoms with van der Waals surface area (Å²) in [6.07, 6.45) is 1.94. The second-order valence-electron chi connectivity index (χ2n) is 4.64. The number of anilines is 2. The lowest BCUT2D eigenvalue weighted by atomic mass is 10.3. The summed E-state index contributed by atoms with van der Waals surface area (Å²) in [6.45, 7) is 8.84. The minimum Gasteiger partial charge on any atom is -0.394 e. The lowest BCUT2D eigenvalue weighted by Crippen LogP contribution is -2.13. The van der Waals surface area contributed by atoms with Gasteiger partial charge in [-0.15, -0.1) is 0 Å². The molecule has 0 radical (unpaired) electrons. The first-order chi connectivity index (χ1) is 9.69. The van der Waals surface area contributed by atoms with Crippen molar-refractivity contribution in [2.45, 2.75) is 33.6 Å². The SMILES string of the molecule is CCCNc1nc(C)nc(NCCCOCCO)c1C. The highest BCUT2D eigenvalue weighted by Gasteiger charge is 2.08. The molecule has 0 saturated carbocycles. The highest BCUT2D eigenvalue weighted by atomic mass is 16.5. The van der Waals surface area contributed by atoms with E-state index in [1.807, 2.05) is 13.8 Å². The van der Waals surface area contributed by atoms with E-state index >= 15 is 0 Å². The van der Waals surface area contributed by atoms with Gasteiger partial charge in [-0.2, -0.15) is 0 Å². The summed E-state index contributed by atoms with van der Waals surface area (Å²) in [6, 6.07) is 0. The Hall–Kier alpha value is -1.40. The molecule has 0 saturated heterocycles. The Morgan fingerprint density at radius 2 is 1.70 bits per heavy atom. The number of ether oxygens (including phenoxy) is 1. The van der Waals surface area contributed by atoms with Crippen LogP contribution in [0, 0.1) is 13.8 Å². The van der Waals surface area contributed by atoms with Gasteiger partial charge in [0.15, 0.2) is 0 Å². The molecule has 1 rings (SSSR count). The fourth-order valence-electron chi connectivity index (χ4n) is 1.76. The minimum absolute atomic E-state index is 0.0735. The second-order valence-corrected chi connectivity index (χ2v) is 4.64. The first-order valence-electron chi connectivity index (χ1n) is 7.20. The smallest absolute Gasteiger partial charge is 0.134 e. The summed E-state index contributed by atoms with van der Waals surface area (Å²) < 4.78 is 5.22. The molecule has 0 unspecified atom stereocenters. The number of aliphatic hydroxyl groups excluding tert-OH is 1. The summed E-state index contributed by atoms with van der Waals surface area (Å²) in [4.78, 5) is 8.86. The van der Waals surface area contributed by atoms with Gasteiger partial charge in [-0.25, -0.2) is 9.97 Å². The van der Waals surface area contributed by atoms with E-state index in [-0.39, 0.29) is 6.61 Å². The summed E-state index contributed by atoms with van der Waals surface area (Å²) in [5.41, 5.74) is 1.04. The lowest BCUT2D eigenvalue weighted by Gasteiger charge is -2.14. The third-order valence-corrected chi connectivity index (χ3v) is 2.79. The number of aryl methyl sites for hydroxylation is 1. The molecular weight excluding hydrogens is 256 g/mol. The molecule has 0 aliphatic heterocycles. The molecule has 1 aromatic rings. The lowest BCUT2D eigenvalue weighted by molar-refractivity contribution is 0.0922. The van der Waals surface area contributed by atoms with E-state index in [1.165, 1.54) is 0 Å². The van der Waals surface area contributed by atoms with Crippen LogP contribution in [0.15, 0.2) is 0 Å². The van der Waals surface area contributed by atoms with Crippen LogP contribution in [-0.2, 0) is 4.74 Å². The number of rotatable bonds is 10. The van der Waals surface area contributed by atoms with Gasteiger partial charge in [-0.05, 0) is 26.7 Å². The highest BCUT2D eigenvalue weighted by molar-refractivity contribution is 5.57. The minimum atomic E-state index is 0.0735. The summed E-state index contributed by atoms with van der Waals surface area (Å²) in [7, 11) is 0. The van der Waals surface area contributed by atoms with E-state index in [0.717, 1.165) is 49.0 Å². The number of hydrogen-bond donors (Lipinski definition) is 3. The molecule has 0 amide bonds. The Balaban J connectivity index is 2.49. The molecule has 0 spiro atoms. The second kappa shape index (κ2) is 9.50. The van der Waals surface area contributed by atoms with Gasteiger partial charge in [0.05, 0.1) is 13.2 Å². The monoisotopic (exact) mass is 282 g/mol. The van der Waals surface area contributed by atoms with Crippen molar-refractivity contribution in [3.05, 3.63) is 11.4 Å². The highest BCUT2D eigenvalue weighted by Crippen LogP contribution is 2.19. The number of aliphatic hydroxyl groups is 1. The molecule has 3 N–H and O–H groups in total. The molecule has 1 heterocycles.